The predicted octanol–water partition coefficient (Wildman–Crippen LogP) is 3.01. The maximum Gasteiger partial charge on any atom is 0.271 e. The first-order chi connectivity index (χ1) is 15.5. The van der Waals surface area contributed by atoms with Crippen molar-refractivity contribution < 1.29 is 14.3 Å². The number of aromatic amines is 1. The number of benzene rings is 2. The molecular weight excluding hydrogens is 406 g/mol. The number of amides is 2. The maximum atomic E-state index is 12.6. The normalized spacial score (nSPS) is 14.7. The van der Waals surface area contributed by atoms with Gasteiger partial charge in [-0.15, -0.1) is 0 Å². The molecule has 160 valence electrons. The molecule has 4 N–H and O–H groups in total. The van der Waals surface area contributed by atoms with Gasteiger partial charge in [-0.25, -0.2) is 5.43 Å². The molecule has 1 fully saturated rings. The lowest BCUT2D eigenvalue weighted by Gasteiger charge is -2.10. The van der Waals surface area contributed by atoms with Crippen LogP contribution in [0.1, 0.15) is 34.5 Å². The van der Waals surface area contributed by atoms with Crippen LogP contribution in [0, 0.1) is 0 Å². The summed E-state index contributed by atoms with van der Waals surface area (Å²) in [7, 11) is 1.59. The largest absolute Gasteiger partial charge is 0.497 e. The minimum Gasteiger partial charge on any atom is -0.497 e. The lowest BCUT2D eigenvalue weighted by Crippen LogP contribution is -2.29. The van der Waals surface area contributed by atoms with Gasteiger partial charge < -0.3 is 15.5 Å². The Balaban J connectivity index is 1.43. The number of rotatable bonds is 6. The molecule has 2 amide bonds. The Bertz CT molecular complexity index is 1400. The molecule has 8 heteroatoms. The summed E-state index contributed by atoms with van der Waals surface area (Å²) < 4.78 is 5.18. The van der Waals surface area contributed by atoms with Gasteiger partial charge in [-0.1, -0.05) is 18.2 Å². The fourth-order valence-corrected chi connectivity index (χ4v) is 4.01. The number of nitrogens with two attached hydrogens (primary N) is 1. The van der Waals surface area contributed by atoms with Gasteiger partial charge in [-0.2, -0.15) is 5.10 Å². The highest BCUT2D eigenvalue weighted by Gasteiger charge is 2.52. The van der Waals surface area contributed by atoms with Crippen LogP contribution in [-0.2, 0) is 10.2 Å². The van der Waals surface area contributed by atoms with Crippen molar-refractivity contribution in [1.29, 1.82) is 0 Å². The van der Waals surface area contributed by atoms with E-state index in [1.807, 2.05) is 36.4 Å². The Morgan fingerprint density at radius 3 is 2.78 bits per heavy atom. The molecule has 1 saturated carbocycles. The van der Waals surface area contributed by atoms with E-state index < -0.39 is 5.41 Å². The Kier molecular flexibility index (Phi) is 4.62. The Morgan fingerprint density at radius 2 is 2.03 bits per heavy atom. The fourth-order valence-electron chi connectivity index (χ4n) is 4.01. The molecule has 4 aromatic rings. The van der Waals surface area contributed by atoms with Gasteiger partial charge in [-0.3, -0.25) is 14.6 Å². The third-order valence-electron chi connectivity index (χ3n) is 5.93. The summed E-state index contributed by atoms with van der Waals surface area (Å²) in [6.45, 7) is 0. The van der Waals surface area contributed by atoms with Crippen LogP contribution in [0.15, 0.2) is 59.8 Å². The molecule has 0 unspecified atom stereocenters. The lowest BCUT2D eigenvalue weighted by atomic mass is 9.99. The summed E-state index contributed by atoms with van der Waals surface area (Å²) in [5.74, 6) is 0.0201. The number of hydrogen-bond donors (Lipinski definition) is 3. The monoisotopic (exact) mass is 427 g/mol. The van der Waals surface area contributed by atoms with Crippen LogP contribution < -0.4 is 15.9 Å². The fraction of sp³-hybridized carbons (Fsp3) is 0.167. The maximum absolute atomic E-state index is 12.6. The van der Waals surface area contributed by atoms with Crippen LogP contribution in [0.3, 0.4) is 0 Å². The van der Waals surface area contributed by atoms with Crippen LogP contribution in [0.4, 0.5) is 0 Å². The zero-order valence-corrected chi connectivity index (χ0v) is 17.4. The van der Waals surface area contributed by atoms with Gasteiger partial charge in [0, 0.05) is 28.0 Å². The molecule has 0 radical (unpaired) electrons. The predicted molar refractivity (Wildman–Crippen MR) is 122 cm³/mol. The summed E-state index contributed by atoms with van der Waals surface area (Å²) in [4.78, 5) is 32.4. The number of hydrazone groups is 1. The highest BCUT2D eigenvalue weighted by Crippen LogP contribution is 2.49. The van der Waals surface area contributed by atoms with E-state index in [-0.39, 0.29) is 11.8 Å². The van der Waals surface area contributed by atoms with E-state index in [1.54, 1.807) is 31.7 Å². The molecule has 1 aliphatic rings. The first-order valence-corrected chi connectivity index (χ1v) is 10.2. The number of primary amides is 1. The van der Waals surface area contributed by atoms with E-state index in [0.29, 0.717) is 29.8 Å². The van der Waals surface area contributed by atoms with Crippen molar-refractivity contribution in [2.24, 2.45) is 10.8 Å². The molecule has 0 saturated heterocycles. The van der Waals surface area contributed by atoms with Gasteiger partial charge in [0.1, 0.15) is 5.75 Å². The smallest absolute Gasteiger partial charge is 0.271 e. The highest BCUT2D eigenvalue weighted by atomic mass is 16.5. The van der Waals surface area contributed by atoms with Crippen LogP contribution in [-0.4, -0.2) is 35.1 Å². The molecule has 1 aliphatic carbocycles. The van der Waals surface area contributed by atoms with E-state index in [0.717, 1.165) is 27.4 Å². The second kappa shape index (κ2) is 7.49. The lowest BCUT2D eigenvalue weighted by molar-refractivity contribution is -0.120. The molecule has 0 atom stereocenters. The van der Waals surface area contributed by atoms with Crippen molar-refractivity contribution in [3.05, 3.63) is 71.5 Å². The average Bonchev–Trinajstić information content (AvgIpc) is 3.54. The van der Waals surface area contributed by atoms with Crippen molar-refractivity contribution in [3.63, 3.8) is 0 Å². The Labute approximate surface area is 183 Å². The first kappa shape index (κ1) is 19.7. The highest BCUT2D eigenvalue weighted by molar-refractivity contribution is 6.11. The van der Waals surface area contributed by atoms with Gasteiger partial charge in [0.25, 0.3) is 5.91 Å². The zero-order valence-electron chi connectivity index (χ0n) is 17.4. The van der Waals surface area contributed by atoms with Crippen LogP contribution in [0.25, 0.3) is 21.8 Å². The van der Waals surface area contributed by atoms with Gasteiger partial charge in [-0.05, 0) is 48.7 Å². The number of nitrogens with zero attached hydrogens (tertiary/aromatic N) is 2. The molecule has 32 heavy (non-hydrogen) atoms. The second-order valence-electron chi connectivity index (χ2n) is 7.89. The molecule has 5 rings (SSSR count). The van der Waals surface area contributed by atoms with E-state index in [9.17, 15) is 9.59 Å². The molecule has 2 heterocycles. The number of ether oxygens (including phenoxy) is 1. The van der Waals surface area contributed by atoms with E-state index in [1.165, 1.54) is 0 Å². The third-order valence-corrected chi connectivity index (χ3v) is 5.93. The molecule has 8 nitrogen and oxygen atoms in total. The van der Waals surface area contributed by atoms with Gasteiger partial charge >= 0.3 is 0 Å². The zero-order chi connectivity index (χ0) is 22.3. The van der Waals surface area contributed by atoms with Crippen LogP contribution >= 0.6 is 0 Å². The SMILES string of the molecule is COc1cccc(C=NNC(=O)c2ccc3c(c2)[nH]c2c(C4(C(N)=O)CC4)nccc23)c1. The van der Waals surface area contributed by atoms with E-state index in [4.69, 9.17) is 10.5 Å². The standard InChI is InChI=1S/C24H21N5O3/c1-32-16-4-2-3-14(11-16)13-27-29-22(30)15-5-6-17-18-7-10-26-21(20(18)28-19(17)12-15)24(8-9-24)23(25)31/h2-7,10-13,28H,8-9H2,1H3,(H2,25,31)(H,29,30). The Morgan fingerprint density at radius 1 is 1.19 bits per heavy atom. The summed E-state index contributed by atoms with van der Waals surface area (Å²) in [5, 5.41) is 5.93. The molecule has 2 aromatic heterocycles. The van der Waals surface area contributed by atoms with Gasteiger partial charge in [0.15, 0.2) is 0 Å². The number of methoxy groups -OCH3 is 1. The van der Waals surface area contributed by atoms with Crippen molar-refractivity contribution >= 4 is 39.8 Å². The first-order valence-electron chi connectivity index (χ1n) is 10.2. The molecule has 2 aromatic carbocycles. The number of carbonyl (C=O) groups excluding carboxylic acids is 2. The molecule has 0 bridgehead atoms. The second-order valence-corrected chi connectivity index (χ2v) is 7.89. The number of hydrogen-bond acceptors (Lipinski definition) is 5. The summed E-state index contributed by atoms with van der Waals surface area (Å²) in [5.41, 5.74) is 11.0. The number of H-pyrrole nitrogens is 1. The quantitative estimate of drug-likeness (QED) is 0.323. The van der Waals surface area contributed by atoms with E-state index >= 15 is 0 Å². The number of nitrogens with one attached hydrogen (secondary N) is 2. The Hall–Kier alpha value is -4.20. The number of fused-ring (bicyclic) bond motifs is 3. The molecule has 0 spiro atoms. The van der Waals surface area contributed by atoms with E-state index in [2.05, 4.69) is 20.5 Å². The summed E-state index contributed by atoms with van der Waals surface area (Å²) in [6.07, 6.45) is 4.64. The topological polar surface area (TPSA) is 122 Å². The average molecular weight is 427 g/mol. The number of aromatic nitrogens is 2. The van der Waals surface area contributed by atoms with Crippen molar-refractivity contribution in [3.8, 4) is 5.75 Å². The van der Waals surface area contributed by atoms with Crippen LogP contribution in [0.2, 0.25) is 0 Å². The van der Waals surface area contributed by atoms with Crippen molar-refractivity contribution in [2.75, 3.05) is 7.11 Å². The summed E-state index contributed by atoms with van der Waals surface area (Å²) in [6, 6.07) is 14.6. The minimum absolute atomic E-state index is 0.334. The number of pyridine rings is 1. The van der Waals surface area contributed by atoms with Gasteiger partial charge in [0.05, 0.1) is 30.0 Å². The van der Waals surface area contributed by atoms with Gasteiger partial charge in [0.2, 0.25) is 5.91 Å². The summed E-state index contributed by atoms with van der Waals surface area (Å²) >= 11 is 0. The van der Waals surface area contributed by atoms with Crippen molar-refractivity contribution in [2.45, 2.75) is 18.3 Å². The molecular formula is C24H21N5O3. The third kappa shape index (κ3) is 3.26. The minimum atomic E-state index is -0.699. The van der Waals surface area contributed by atoms with Crippen LogP contribution in [0.5, 0.6) is 5.75 Å². The van der Waals surface area contributed by atoms with Crippen molar-refractivity contribution in [1.82, 2.24) is 15.4 Å². The molecule has 0 aliphatic heterocycles. The number of carbonyl (C=O) groups is 2.